The van der Waals surface area contributed by atoms with Crippen LogP contribution in [0.25, 0.3) is 11.4 Å². The van der Waals surface area contributed by atoms with Crippen molar-refractivity contribution >= 4 is 15.7 Å². The van der Waals surface area contributed by atoms with Gasteiger partial charge in [0.15, 0.2) is 9.84 Å². The number of carbonyl (C=O) groups is 1. The largest absolute Gasteiger partial charge is 0.372 e. The Kier molecular flexibility index (Phi) is 5.05. The van der Waals surface area contributed by atoms with E-state index < -0.39 is 9.84 Å². The molecule has 2 atom stereocenters. The summed E-state index contributed by atoms with van der Waals surface area (Å²) in [5, 5.41) is 12.1. The van der Waals surface area contributed by atoms with Crippen LogP contribution in [0.2, 0.25) is 0 Å². The van der Waals surface area contributed by atoms with Crippen LogP contribution in [0.4, 0.5) is 0 Å². The number of aromatic nitrogens is 4. The molecule has 0 radical (unpaired) electrons. The predicted octanol–water partition coefficient (Wildman–Crippen LogP) is 0.379. The third-order valence-electron chi connectivity index (χ3n) is 4.04. The Hall–Kier alpha value is -2.33. The molecular formula is C16H21N5O4S. The maximum Gasteiger partial charge on any atom is 0.246 e. The topological polar surface area (TPSA) is 107 Å². The van der Waals surface area contributed by atoms with Crippen molar-refractivity contribution in [3.63, 3.8) is 0 Å². The average Bonchev–Trinajstić information content (AvgIpc) is 3.01. The van der Waals surface area contributed by atoms with Crippen molar-refractivity contribution in [2.24, 2.45) is 0 Å². The number of carbonyl (C=O) groups excluding carboxylic acids is 1. The molecule has 2 aromatic rings. The highest BCUT2D eigenvalue weighted by Gasteiger charge is 2.26. The minimum atomic E-state index is -3.26. The number of benzene rings is 1. The number of tetrazole rings is 1. The molecule has 26 heavy (non-hydrogen) atoms. The van der Waals surface area contributed by atoms with Gasteiger partial charge in [-0.1, -0.05) is 0 Å². The van der Waals surface area contributed by atoms with Crippen molar-refractivity contribution in [2.75, 3.05) is 19.3 Å². The van der Waals surface area contributed by atoms with Gasteiger partial charge in [-0.2, -0.15) is 4.80 Å². The second-order valence-corrected chi connectivity index (χ2v) is 8.51. The van der Waals surface area contributed by atoms with Crippen molar-refractivity contribution in [3.05, 3.63) is 24.3 Å². The molecule has 2 heterocycles. The molecule has 9 nitrogen and oxygen atoms in total. The van der Waals surface area contributed by atoms with Crippen molar-refractivity contribution in [1.82, 2.24) is 25.1 Å². The zero-order valence-electron chi connectivity index (χ0n) is 14.9. The van der Waals surface area contributed by atoms with Crippen LogP contribution in [-0.2, 0) is 25.9 Å². The zero-order chi connectivity index (χ0) is 18.9. The highest BCUT2D eigenvalue weighted by Crippen LogP contribution is 2.17. The summed E-state index contributed by atoms with van der Waals surface area (Å²) in [6.45, 7) is 4.94. The van der Waals surface area contributed by atoms with E-state index >= 15 is 0 Å². The van der Waals surface area contributed by atoms with E-state index in [0.717, 1.165) is 6.26 Å². The van der Waals surface area contributed by atoms with Crippen molar-refractivity contribution in [2.45, 2.75) is 37.5 Å². The summed E-state index contributed by atoms with van der Waals surface area (Å²) in [6, 6.07) is 6.22. The minimum Gasteiger partial charge on any atom is -0.372 e. The van der Waals surface area contributed by atoms with Crippen LogP contribution in [0.3, 0.4) is 0 Å². The first-order valence-corrected chi connectivity index (χ1v) is 10.1. The van der Waals surface area contributed by atoms with Gasteiger partial charge in [-0.05, 0) is 43.3 Å². The summed E-state index contributed by atoms with van der Waals surface area (Å²) in [5.74, 6) is 0.241. The Morgan fingerprint density at radius 3 is 2.38 bits per heavy atom. The number of nitrogens with zero attached hydrogens (tertiary/aromatic N) is 5. The van der Waals surface area contributed by atoms with Gasteiger partial charge in [0.25, 0.3) is 0 Å². The Labute approximate surface area is 151 Å². The molecule has 3 rings (SSSR count). The SMILES string of the molecule is C[C@@H]1CN(C(=O)Cn2nnc(-c3ccc(S(C)(=O)=O)cc3)n2)C[C@@H](C)O1. The summed E-state index contributed by atoms with van der Waals surface area (Å²) in [6.07, 6.45) is 1.14. The maximum absolute atomic E-state index is 12.4. The van der Waals surface area contributed by atoms with Gasteiger partial charge in [-0.25, -0.2) is 8.42 Å². The fourth-order valence-electron chi connectivity index (χ4n) is 2.88. The molecule has 1 aliphatic rings. The molecule has 0 spiro atoms. The summed E-state index contributed by atoms with van der Waals surface area (Å²) >= 11 is 0. The molecule has 1 saturated heterocycles. The van der Waals surface area contributed by atoms with Gasteiger partial charge < -0.3 is 9.64 Å². The van der Waals surface area contributed by atoms with Crippen molar-refractivity contribution in [3.8, 4) is 11.4 Å². The van der Waals surface area contributed by atoms with E-state index in [9.17, 15) is 13.2 Å². The zero-order valence-corrected chi connectivity index (χ0v) is 15.7. The molecule has 1 fully saturated rings. The number of morpholine rings is 1. The second kappa shape index (κ2) is 7.12. The highest BCUT2D eigenvalue weighted by molar-refractivity contribution is 7.90. The quantitative estimate of drug-likeness (QED) is 0.756. The molecule has 1 aromatic carbocycles. The number of ether oxygens (including phenoxy) is 1. The van der Waals surface area contributed by atoms with Gasteiger partial charge in [-0.15, -0.1) is 10.2 Å². The lowest BCUT2D eigenvalue weighted by Crippen LogP contribution is -2.49. The van der Waals surface area contributed by atoms with E-state index in [1.165, 1.54) is 16.9 Å². The Morgan fingerprint density at radius 2 is 1.81 bits per heavy atom. The van der Waals surface area contributed by atoms with Crippen LogP contribution in [0.5, 0.6) is 0 Å². The fraction of sp³-hybridized carbons (Fsp3) is 0.500. The van der Waals surface area contributed by atoms with E-state index in [1.807, 2.05) is 13.8 Å². The normalized spacial score (nSPS) is 21.0. The molecule has 0 saturated carbocycles. The fourth-order valence-corrected chi connectivity index (χ4v) is 3.51. The van der Waals surface area contributed by atoms with Gasteiger partial charge in [0.2, 0.25) is 11.7 Å². The van der Waals surface area contributed by atoms with E-state index in [1.54, 1.807) is 17.0 Å². The number of rotatable bonds is 4. The number of hydrogen-bond acceptors (Lipinski definition) is 7. The lowest BCUT2D eigenvalue weighted by molar-refractivity contribution is -0.144. The van der Waals surface area contributed by atoms with E-state index in [0.29, 0.717) is 24.5 Å². The summed E-state index contributed by atoms with van der Waals surface area (Å²) in [7, 11) is -3.26. The number of hydrogen-bond donors (Lipinski definition) is 0. The predicted molar refractivity (Wildman–Crippen MR) is 93.0 cm³/mol. The molecule has 1 aromatic heterocycles. The number of sulfone groups is 1. The molecule has 10 heteroatoms. The lowest BCUT2D eigenvalue weighted by Gasteiger charge is -2.35. The highest BCUT2D eigenvalue weighted by atomic mass is 32.2. The van der Waals surface area contributed by atoms with Gasteiger partial charge in [0.05, 0.1) is 17.1 Å². The van der Waals surface area contributed by atoms with Crippen LogP contribution in [-0.4, -0.2) is 71.0 Å². The Morgan fingerprint density at radius 1 is 1.19 bits per heavy atom. The first-order valence-electron chi connectivity index (χ1n) is 8.24. The smallest absolute Gasteiger partial charge is 0.246 e. The molecule has 1 aliphatic heterocycles. The van der Waals surface area contributed by atoms with Gasteiger partial charge in [0, 0.05) is 24.9 Å². The lowest BCUT2D eigenvalue weighted by atomic mass is 10.2. The molecular weight excluding hydrogens is 358 g/mol. The molecule has 140 valence electrons. The molecule has 1 amide bonds. The number of amides is 1. The van der Waals surface area contributed by atoms with Gasteiger partial charge in [-0.3, -0.25) is 4.79 Å². The van der Waals surface area contributed by atoms with E-state index in [-0.39, 0.29) is 29.6 Å². The average molecular weight is 379 g/mol. The first kappa shape index (κ1) is 18.5. The monoisotopic (exact) mass is 379 g/mol. The van der Waals surface area contributed by atoms with Crippen molar-refractivity contribution in [1.29, 1.82) is 0 Å². The maximum atomic E-state index is 12.4. The Balaban J connectivity index is 1.69. The summed E-state index contributed by atoms with van der Waals surface area (Å²) < 4.78 is 28.6. The Bertz CT molecular complexity index is 884. The van der Waals surface area contributed by atoms with E-state index in [4.69, 9.17) is 4.74 Å². The molecule has 0 unspecified atom stereocenters. The van der Waals surface area contributed by atoms with E-state index in [2.05, 4.69) is 15.4 Å². The summed E-state index contributed by atoms with van der Waals surface area (Å²) in [4.78, 5) is 15.6. The summed E-state index contributed by atoms with van der Waals surface area (Å²) in [5.41, 5.74) is 0.629. The molecule has 0 bridgehead atoms. The van der Waals surface area contributed by atoms with Crippen LogP contribution >= 0.6 is 0 Å². The first-order chi connectivity index (χ1) is 12.2. The van der Waals surface area contributed by atoms with Crippen molar-refractivity contribution < 1.29 is 17.9 Å². The van der Waals surface area contributed by atoms with Gasteiger partial charge >= 0.3 is 0 Å². The third-order valence-corrected chi connectivity index (χ3v) is 5.17. The third kappa shape index (κ3) is 4.25. The molecule has 0 N–H and O–H groups in total. The minimum absolute atomic E-state index is 0.00433. The standard InChI is InChI=1S/C16H21N5O4S/c1-11-8-20(9-12(2)25-11)15(22)10-21-18-16(17-19-21)13-4-6-14(7-5-13)26(3,23)24/h4-7,11-12H,8-10H2,1-3H3/t11-,12-/m1/s1. The molecule has 0 aliphatic carbocycles. The van der Waals surface area contributed by atoms with Crippen LogP contribution in [0.15, 0.2) is 29.2 Å². The van der Waals surface area contributed by atoms with Gasteiger partial charge in [0.1, 0.15) is 6.54 Å². The second-order valence-electron chi connectivity index (χ2n) is 6.50. The van der Waals surface area contributed by atoms with Crippen LogP contribution in [0.1, 0.15) is 13.8 Å². The van der Waals surface area contributed by atoms with Crippen LogP contribution < -0.4 is 0 Å². The van der Waals surface area contributed by atoms with Crippen LogP contribution in [0, 0.1) is 0 Å².